The molecule has 0 radical (unpaired) electrons. The third-order valence-electron chi connectivity index (χ3n) is 5.52. The lowest BCUT2D eigenvalue weighted by molar-refractivity contribution is -0.195. The molecule has 1 spiro atoms. The maximum atomic E-state index is 12.9. The van der Waals surface area contributed by atoms with Gasteiger partial charge in [0.05, 0.1) is 18.8 Å². The highest BCUT2D eigenvalue weighted by Gasteiger charge is 2.46. The molecule has 0 saturated carbocycles. The highest BCUT2D eigenvalue weighted by Crippen LogP contribution is 2.36. The third kappa shape index (κ3) is 2.85. The average molecular weight is 330 g/mol. The Morgan fingerprint density at radius 3 is 2.46 bits per heavy atom. The Balaban J connectivity index is 1.40. The molecule has 3 fully saturated rings. The van der Waals surface area contributed by atoms with Gasteiger partial charge in [-0.15, -0.1) is 0 Å². The molecule has 130 valence electrons. The predicted octanol–water partition coefficient (Wildman–Crippen LogP) is 2.33. The second-order valence-corrected chi connectivity index (χ2v) is 7.32. The van der Waals surface area contributed by atoms with E-state index in [1.165, 1.54) is 5.56 Å². The van der Waals surface area contributed by atoms with Gasteiger partial charge in [0.25, 0.3) is 0 Å². The van der Waals surface area contributed by atoms with Gasteiger partial charge in [0, 0.05) is 38.2 Å². The minimum Gasteiger partial charge on any atom is -0.347 e. The van der Waals surface area contributed by atoms with Crippen molar-refractivity contribution in [2.75, 3.05) is 31.1 Å². The Hall–Kier alpha value is -1.43. The normalized spacial score (nSPS) is 30.4. The van der Waals surface area contributed by atoms with Crippen molar-refractivity contribution >= 4 is 11.6 Å². The highest BCUT2D eigenvalue weighted by molar-refractivity contribution is 5.99. The minimum atomic E-state index is -0.395. The number of hydrogen-bond acceptors (Lipinski definition) is 4. The van der Waals surface area contributed by atoms with Gasteiger partial charge in [-0.1, -0.05) is 17.7 Å². The van der Waals surface area contributed by atoms with Crippen molar-refractivity contribution in [1.82, 2.24) is 4.90 Å². The summed E-state index contributed by atoms with van der Waals surface area (Å²) in [5.74, 6) is -0.162. The molecular formula is C19H26N2O3. The zero-order valence-corrected chi connectivity index (χ0v) is 14.5. The van der Waals surface area contributed by atoms with Crippen molar-refractivity contribution in [2.45, 2.75) is 51.0 Å². The lowest BCUT2D eigenvalue weighted by Crippen LogP contribution is -2.51. The van der Waals surface area contributed by atoms with E-state index in [1.807, 2.05) is 17.0 Å². The lowest BCUT2D eigenvalue weighted by Gasteiger charge is -2.39. The Morgan fingerprint density at radius 2 is 1.83 bits per heavy atom. The molecule has 0 N–H and O–H groups in total. The molecule has 24 heavy (non-hydrogen) atoms. The molecule has 0 unspecified atom stereocenters. The van der Waals surface area contributed by atoms with Crippen LogP contribution in [0.1, 0.15) is 31.7 Å². The third-order valence-corrected chi connectivity index (χ3v) is 5.52. The van der Waals surface area contributed by atoms with Gasteiger partial charge in [-0.2, -0.15) is 0 Å². The van der Waals surface area contributed by atoms with E-state index in [-0.39, 0.29) is 18.1 Å². The maximum Gasteiger partial charge on any atom is 0.244 e. The van der Waals surface area contributed by atoms with E-state index < -0.39 is 5.79 Å². The Kier molecular flexibility index (Phi) is 4.11. The van der Waals surface area contributed by atoms with Crippen molar-refractivity contribution in [1.29, 1.82) is 0 Å². The zero-order valence-electron chi connectivity index (χ0n) is 14.5. The summed E-state index contributed by atoms with van der Waals surface area (Å²) in [6, 6.07) is 8.22. The van der Waals surface area contributed by atoms with Gasteiger partial charge in [-0.05, 0) is 32.4 Å². The zero-order chi connectivity index (χ0) is 16.7. The van der Waals surface area contributed by atoms with E-state index in [9.17, 15) is 4.79 Å². The van der Waals surface area contributed by atoms with E-state index in [1.54, 1.807) is 0 Å². The van der Waals surface area contributed by atoms with Crippen LogP contribution >= 0.6 is 0 Å². The van der Waals surface area contributed by atoms with Gasteiger partial charge in [-0.25, -0.2) is 0 Å². The number of aryl methyl sites for hydroxylation is 1. The summed E-state index contributed by atoms with van der Waals surface area (Å²) >= 11 is 0. The van der Waals surface area contributed by atoms with Crippen LogP contribution in [0.15, 0.2) is 24.3 Å². The van der Waals surface area contributed by atoms with Crippen LogP contribution in [0.4, 0.5) is 5.69 Å². The molecule has 0 aliphatic carbocycles. The Morgan fingerprint density at radius 1 is 1.12 bits per heavy atom. The molecular weight excluding hydrogens is 304 g/mol. The van der Waals surface area contributed by atoms with Crippen molar-refractivity contribution in [3.05, 3.63) is 29.8 Å². The van der Waals surface area contributed by atoms with Gasteiger partial charge < -0.3 is 14.4 Å². The first-order valence-corrected chi connectivity index (χ1v) is 9.00. The van der Waals surface area contributed by atoms with Gasteiger partial charge >= 0.3 is 0 Å². The van der Waals surface area contributed by atoms with Crippen molar-refractivity contribution in [2.24, 2.45) is 0 Å². The molecule has 3 saturated heterocycles. The lowest BCUT2D eigenvalue weighted by atomic mass is 10.0. The summed E-state index contributed by atoms with van der Waals surface area (Å²) in [6.45, 7) is 7.34. The van der Waals surface area contributed by atoms with Crippen LogP contribution in [0.5, 0.6) is 0 Å². The highest BCUT2D eigenvalue weighted by atomic mass is 16.7. The van der Waals surface area contributed by atoms with Crippen LogP contribution < -0.4 is 4.90 Å². The van der Waals surface area contributed by atoms with E-state index in [0.717, 1.165) is 44.6 Å². The molecule has 2 atom stereocenters. The fourth-order valence-electron chi connectivity index (χ4n) is 4.13. The van der Waals surface area contributed by atoms with Crippen LogP contribution in [0, 0.1) is 6.92 Å². The SMILES string of the molecule is Cc1ccc(N2CC[C@@H](N3CCC4(CC3)OC[C@@H](C)O4)C2=O)cc1. The summed E-state index contributed by atoms with van der Waals surface area (Å²) in [4.78, 5) is 17.1. The standard InChI is InChI=1S/C19H26N2O3/c1-14-3-5-16(6-4-14)21-10-7-17(18(21)22)20-11-8-19(9-12-20)23-13-15(2)24-19/h3-6,15,17H,7-13H2,1-2H3/t15-,17-/m1/s1. The van der Waals surface area contributed by atoms with Gasteiger partial charge in [0.1, 0.15) is 0 Å². The van der Waals surface area contributed by atoms with Gasteiger partial charge in [0.15, 0.2) is 5.79 Å². The average Bonchev–Trinajstić information content (AvgIpc) is 3.13. The second kappa shape index (κ2) is 6.14. The second-order valence-electron chi connectivity index (χ2n) is 7.32. The molecule has 1 amide bonds. The van der Waals surface area contributed by atoms with Gasteiger partial charge in [-0.3, -0.25) is 9.69 Å². The molecule has 3 aliphatic rings. The molecule has 5 heteroatoms. The molecule has 3 heterocycles. The quantitative estimate of drug-likeness (QED) is 0.835. The summed E-state index contributed by atoms with van der Waals surface area (Å²) < 4.78 is 11.9. The van der Waals surface area contributed by atoms with E-state index >= 15 is 0 Å². The number of piperidine rings is 1. The summed E-state index contributed by atoms with van der Waals surface area (Å²) in [6.07, 6.45) is 2.79. The van der Waals surface area contributed by atoms with E-state index in [2.05, 4.69) is 30.9 Å². The van der Waals surface area contributed by atoms with Crippen LogP contribution in [-0.2, 0) is 14.3 Å². The molecule has 0 aromatic heterocycles. The van der Waals surface area contributed by atoms with Crippen LogP contribution in [0.3, 0.4) is 0 Å². The minimum absolute atomic E-state index is 0.00230. The molecule has 5 nitrogen and oxygen atoms in total. The van der Waals surface area contributed by atoms with Crippen LogP contribution in [0.25, 0.3) is 0 Å². The first-order valence-electron chi connectivity index (χ1n) is 9.00. The topological polar surface area (TPSA) is 42.0 Å². The van der Waals surface area contributed by atoms with Crippen LogP contribution in [0.2, 0.25) is 0 Å². The summed E-state index contributed by atoms with van der Waals surface area (Å²) in [7, 11) is 0. The number of carbonyl (C=O) groups is 1. The summed E-state index contributed by atoms with van der Waals surface area (Å²) in [5, 5.41) is 0. The Labute approximate surface area is 143 Å². The number of likely N-dealkylation sites (tertiary alicyclic amines) is 1. The molecule has 1 aromatic carbocycles. The molecule has 0 bridgehead atoms. The van der Waals surface area contributed by atoms with Gasteiger partial charge in [0.2, 0.25) is 5.91 Å². The first kappa shape index (κ1) is 16.1. The Bertz CT molecular complexity index is 608. The number of anilines is 1. The fourth-order valence-corrected chi connectivity index (χ4v) is 4.13. The maximum absolute atomic E-state index is 12.9. The number of ether oxygens (including phenoxy) is 2. The van der Waals surface area contributed by atoms with Crippen molar-refractivity contribution < 1.29 is 14.3 Å². The number of hydrogen-bond donors (Lipinski definition) is 0. The molecule has 1 aromatic rings. The molecule has 3 aliphatic heterocycles. The monoisotopic (exact) mass is 330 g/mol. The molecule has 4 rings (SSSR count). The van der Waals surface area contributed by atoms with E-state index in [0.29, 0.717) is 6.61 Å². The van der Waals surface area contributed by atoms with Crippen LogP contribution in [-0.4, -0.2) is 55.0 Å². The number of rotatable bonds is 2. The number of amides is 1. The number of benzene rings is 1. The van der Waals surface area contributed by atoms with Crippen molar-refractivity contribution in [3.63, 3.8) is 0 Å². The first-order chi connectivity index (χ1) is 11.6. The van der Waals surface area contributed by atoms with E-state index in [4.69, 9.17) is 9.47 Å². The fraction of sp³-hybridized carbons (Fsp3) is 0.632. The number of nitrogens with zero attached hydrogens (tertiary/aromatic N) is 2. The summed E-state index contributed by atoms with van der Waals surface area (Å²) in [5.41, 5.74) is 2.23. The number of carbonyl (C=O) groups excluding carboxylic acids is 1. The largest absolute Gasteiger partial charge is 0.347 e. The van der Waals surface area contributed by atoms with Crippen molar-refractivity contribution in [3.8, 4) is 0 Å². The predicted molar refractivity (Wildman–Crippen MR) is 92.0 cm³/mol. The smallest absolute Gasteiger partial charge is 0.244 e.